The van der Waals surface area contributed by atoms with Gasteiger partial charge in [-0.3, -0.25) is 0 Å². The van der Waals surface area contributed by atoms with Gasteiger partial charge in [0.1, 0.15) is 11.6 Å². The predicted octanol–water partition coefficient (Wildman–Crippen LogP) is 1.04. The van der Waals surface area contributed by atoms with Gasteiger partial charge in [-0.25, -0.2) is 13.7 Å². The third-order valence-electron chi connectivity index (χ3n) is 1.92. The van der Waals surface area contributed by atoms with E-state index in [4.69, 9.17) is 10.4 Å². The van der Waals surface area contributed by atoms with Gasteiger partial charge in [0.15, 0.2) is 11.5 Å². The smallest absolute Gasteiger partial charge is 0.354 e. The Morgan fingerprint density at radius 3 is 2.93 bits per heavy atom. The Labute approximate surface area is 83.0 Å². The second kappa shape index (κ2) is 3.06. The molecule has 0 unspecified atom stereocenters. The zero-order valence-corrected chi connectivity index (χ0v) is 7.31. The average molecular weight is 205 g/mol. The van der Waals surface area contributed by atoms with Gasteiger partial charge in [0, 0.05) is 6.07 Å². The lowest BCUT2D eigenvalue weighted by atomic mass is 10.3. The van der Waals surface area contributed by atoms with Gasteiger partial charge >= 0.3 is 5.97 Å². The first-order valence-electron chi connectivity index (χ1n) is 3.94. The Kier molecular flexibility index (Phi) is 1.87. The third kappa shape index (κ3) is 1.30. The van der Waals surface area contributed by atoms with Crippen molar-refractivity contribution in [2.45, 2.75) is 0 Å². The molecule has 0 amide bonds. The van der Waals surface area contributed by atoms with Crippen LogP contribution in [0.25, 0.3) is 5.52 Å². The van der Waals surface area contributed by atoms with E-state index in [1.54, 1.807) is 6.07 Å². The summed E-state index contributed by atoms with van der Waals surface area (Å²) in [5, 5.41) is 21.0. The Hall–Kier alpha value is -2.42. The van der Waals surface area contributed by atoms with E-state index in [2.05, 4.69) is 5.10 Å². The normalized spacial score (nSPS) is 10.1. The SMILES string of the molecule is N#Cc1cnn2c(C(=O)O)cc(F)c2c1. The van der Waals surface area contributed by atoms with E-state index >= 15 is 0 Å². The number of halogens is 1. The lowest BCUT2D eigenvalue weighted by Gasteiger charge is -1.96. The summed E-state index contributed by atoms with van der Waals surface area (Å²) in [5.41, 5.74) is -0.116. The zero-order valence-electron chi connectivity index (χ0n) is 7.31. The van der Waals surface area contributed by atoms with E-state index in [1.807, 2.05) is 0 Å². The number of hydrogen-bond donors (Lipinski definition) is 1. The number of nitriles is 1. The minimum Gasteiger partial charge on any atom is -0.477 e. The molecule has 2 aromatic heterocycles. The summed E-state index contributed by atoms with van der Waals surface area (Å²) >= 11 is 0. The number of carbonyl (C=O) groups is 1. The number of aromatic carboxylic acids is 1. The number of hydrogen-bond acceptors (Lipinski definition) is 3. The van der Waals surface area contributed by atoms with Crippen molar-refractivity contribution in [1.29, 1.82) is 5.26 Å². The molecule has 0 bridgehead atoms. The monoisotopic (exact) mass is 205 g/mol. The second-order valence-electron chi connectivity index (χ2n) is 2.84. The molecule has 0 aliphatic carbocycles. The first kappa shape index (κ1) is 9.15. The molecule has 0 atom stereocenters. The van der Waals surface area contributed by atoms with Gasteiger partial charge < -0.3 is 5.11 Å². The average Bonchev–Trinajstić information content (AvgIpc) is 2.56. The van der Waals surface area contributed by atoms with Crippen LogP contribution >= 0.6 is 0 Å². The van der Waals surface area contributed by atoms with Crippen LogP contribution in [-0.2, 0) is 0 Å². The summed E-state index contributed by atoms with van der Waals surface area (Å²) in [4.78, 5) is 10.7. The molecular formula is C9H4FN3O2. The lowest BCUT2D eigenvalue weighted by molar-refractivity contribution is 0.0688. The minimum atomic E-state index is -1.27. The molecule has 0 saturated heterocycles. The van der Waals surface area contributed by atoms with Crippen LogP contribution in [0.5, 0.6) is 0 Å². The number of aromatic nitrogens is 2. The lowest BCUT2D eigenvalue weighted by Crippen LogP contribution is -2.04. The van der Waals surface area contributed by atoms with Gasteiger partial charge in [-0.1, -0.05) is 0 Å². The number of carboxylic acids is 1. The Bertz CT molecular complexity index is 597. The molecular weight excluding hydrogens is 201 g/mol. The Morgan fingerprint density at radius 2 is 2.33 bits per heavy atom. The zero-order chi connectivity index (χ0) is 11.0. The van der Waals surface area contributed by atoms with Crippen LogP contribution < -0.4 is 0 Å². The Morgan fingerprint density at radius 1 is 1.60 bits per heavy atom. The van der Waals surface area contributed by atoms with E-state index in [9.17, 15) is 9.18 Å². The standard InChI is InChI=1S/C9H4FN3O2/c10-6-2-8(9(14)15)13-7(6)1-5(3-11)4-12-13/h1-2,4H,(H,14,15). The van der Waals surface area contributed by atoms with Crippen molar-refractivity contribution in [3.05, 3.63) is 35.4 Å². The molecule has 0 aliphatic rings. The van der Waals surface area contributed by atoms with Crippen LogP contribution in [0.1, 0.15) is 16.1 Å². The maximum atomic E-state index is 13.2. The van der Waals surface area contributed by atoms with Gasteiger partial charge in [0.2, 0.25) is 0 Å². The molecule has 1 N–H and O–H groups in total. The van der Waals surface area contributed by atoms with Gasteiger partial charge in [-0.2, -0.15) is 10.4 Å². The maximum absolute atomic E-state index is 13.2. The molecule has 15 heavy (non-hydrogen) atoms. The van der Waals surface area contributed by atoms with Crippen LogP contribution in [0.4, 0.5) is 4.39 Å². The second-order valence-corrected chi connectivity index (χ2v) is 2.84. The van der Waals surface area contributed by atoms with Gasteiger partial charge in [0.05, 0.1) is 11.8 Å². The number of rotatable bonds is 1. The molecule has 2 aromatic rings. The highest BCUT2D eigenvalue weighted by Crippen LogP contribution is 2.15. The van der Waals surface area contributed by atoms with E-state index in [-0.39, 0.29) is 16.8 Å². The third-order valence-corrected chi connectivity index (χ3v) is 1.92. The highest BCUT2D eigenvalue weighted by atomic mass is 19.1. The van der Waals surface area contributed by atoms with Crippen molar-refractivity contribution in [3.63, 3.8) is 0 Å². The van der Waals surface area contributed by atoms with Crippen molar-refractivity contribution in [2.24, 2.45) is 0 Å². The molecule has 2 rings (SSSR count). The Balaban J connectivity index is 2.82. The van der Waals surface area contributed by atoms with E-state index in [1.165, 1.54) is 12.3 Å². The summed E-state index contributed by atoms with van der Waals surface area (Å²) in [5.74, 6) is -1.98. The summed E-state index contributed by atoms with van der Waals surface area (Å²) in [6.07, 6.45) is 1.18. The fourth-order valence-corrected chi connectivity index (χ4v) is 1.26. The number of carboxylic acid groups (broad SMARTS) is 1. The van der Waals surface area contributed by atoms with Gasteiger partial charge in [-0.15, -0.1) is 0 Å². The molecule has 2 heterocycles. The van der Waals surface area contributed by atoms with Crippen LogP contribution in [0.15, 0.2) is 18.3 Å². The first-order chi connectivity index (χ1) is 7.13. The highest BCUT2D eigenvalue weighted by molar-refractivity contribution is 5.87. The highest BCUT2D eigenvalue weighted by Gasteiger charge is 2.15. The fraction of sp³-hybridized carbons (Fsp3) is 0. The van der Waals surface area contributed by atoms with Crippen LogP contribution in [0.3, 0.4) is 0 Å². The molecule has 0 spiro atoms. The largest absolute Gasteiger partial charge is 0.477 e. The minimum absolute atomic E-state index is 0.0218. The van der Waals surface area contributed by atoms with Gasteiger partial charge in [-0.05, 0) is 6.07 Å². The molecule has 0 aromatic carbocycles. The van der Waals surface area contributed by atoms with Crippen molar-refractivity contribution in [3.8, 4) is 6.07 Å². The topological polar surface area (TPSA) is 78.4 Å². The van der Waals surface area contributed by atoms with Gasteiger partial charge in [0.25, 0.3) is 0 Å². The molecule has 0 radical (unpaired) electrons. The van der Waals surface area contributed by atoms with Crippen molar-refractivity contribution >= 4 is 11.5 Å². The molecule has 6 heteroatoms. The van der Waals surface area contributed by atoms with E-state index in [0.29, 0.717) is 0 Å². The summed E-state index contributed by atoms with van der Waals surface area (Å²) < 4.78 is 14.2. The molecule has 74 valence electrons. The van der Waals surface area contributed by atoms with Crippen molar-refractivity contribution in [2.75, 3.05) is 0 Å². The van der Waals surface area contributed by atoms with Crippen LogP contribution in [-0.4, -0.2) is 20.7 Å². The molecule has 5 nitrogen and oxygen atoms in total. The predicted molar refractivity (Wildman–Crippen MR) is 46.8 cm³/mol. The molecule has 0 fully saturated rings. The first-order valence-corrected chi connectivity index (χ1v) is 3.94. The maximum Gasteiger partial charge on any atom is 0.354 e. The number of nitrogens with zero attached hydrogens (tertiary/aromatic N) is 3. The fourth-order valence-electron chi connectivity index (χ4n) is 1.26. The summed E-state index contributed by atoms with van der Waals surface area (Å²) in [7, 11) is 0. The van der Waals surface area contributed by atoms with E-state index < -0.39 is 11.8 Å². The van der Waals surface area contributed by atoms with Crippen LogP contribution in [0.2, 0.25) is 0 Å². The van der Waals surface area contributed by atoms with Crippen molar-refractivity contribution < 1.29 is 14.3 Å². The number of fused-ring (bicyclic) bond motifs is 1. The quantitative estimate of drug-likeness (QED) is 0.754. The van der Waals surface area contributed by atoms with Crippen LogP contribution in [0, 0.1) is 17.1 Å². The summed E-state index contributed by atoms with van der Waals surface area (Å²) in [6, 6.07) is 3.91. The van der Waals surface area contributed by atoms with Crippen molar-refractivity contribution in [1.82, 2.24) is 9.61 Å². The molecule has 0 aliphatic heterocycles. The summed E-state index contributed by atoms with van der Waals surface area (Å²) in [6.45, 7) is 0. The molecule has 0 saturated carbocycles. The van der Waals surface area contributed by atoms with E-state index in [0.717, 1.165) is 10.6 Å².